The maximum absolute atomic E-state index is 5.84. The molecule has 0 aromatic heterocycles. The third kappa shape index (κ3) is 6.69. The Labute approximate surface area is 163 Å². The number of ether oxygens (including phenoxy) is 2. The summed E-state index contributed by atoms with van der Waals surface area (Å²) >= 11 is 3.45. The van der Waals surface area contributed by atoms with Crippen LogP contribution in [0.25, 0.3) is 0 Å². The van der Waals surface area contributed by atoms with Crippen molar-refractivity contribution < 1.29 is 9.47 Å². The Morgan fingerprint density at radius 1 is 1.04 bits per heavy atom. The van der Waals surface area contributed by atoms with E-state index in [4.69, 9.17) is 9.47 Å². The van der Waals surface area contributed by atoms with Crippen molar-refractivity contribution in [3.8, 4) is 5.75 Å². The molecule has 0 bridgehead atoms. The molecule has 0 fully saturated rings. The van der Waals surface area contributed by atoms with E-state index in [1.807, 2.05) is 18.2 Å². The molecular weight excluding hydrogens is 394 g/mol. The Morgan fingerprint density at radius 2 is 1.77 bits per heavy atom. The molecule has 2 aromatic rings. The summed E-state index contributed by atoms with van der Waals surface area (Å²) in [6.07, 6.45) is 0. The van der Waals surface area contributed by atoms with Crippen LogP contribution in [0.5, 0.6) is 5.75 Å². The van der Waals surface area contributed by atoms with Crippen LogP contribution in [0.1, 0.15) is 16.7 Å². The van der Waals surface area contributed by atoms with Gasteiger partial charge in [-0.15, -0.1) is 0 Å². The first-order chi connectivity index (χ1) is 12.6. The normalized spacial score (nSPS) is 11.3. The summed E-state index contributed by atoms with van der Waals surface area (Å²) in [5.74, 6) is 1.62. The molecule has 0 atom stereocenters. The van der Waals surface area contributed by atoms with Crippen molar-refractivity contribution in [1.29, 1.82) is 0 Å². The van der Waals surface area contributed by atoms with Crippen molar-refractivity contribution >= 4 is 21.9 Å². The zero-order valence-corrected chi connectivity index (χ0v) is 17.1. The van der Waals surface area contributed by atoms with E-state index in [9.17, 15) is 0 Å². The zero-order valence-electron chi connectivity index (χ0n) is 15.5. The lowest BCUT2D eigenvalue weighted by atomic mass is 10.1. The van der Waals surface area contributed by atoms with Gasteiger partial charge in [0.15, 0.2) is 5.96 Å². The van der Waals surface area contributed by atoms with Crippen LogP contribution in [-0.2, 0) is 17.8 Å². The van der Waals surface area contributed by atoms with Gasteiger partial charge in [-0.1, -0.05) is 40.2 Å². The summed E-state index contributed by atoms with van der Waals surface area (Å²) in [7, 11) is 3.44. The SMILES string of the molecule is CN=C(NCc1ccc(Br)cc1)NCc1ccc(C)cc1OCCOC. The molecule has 0 saturated carbocycles. The van der Waals surface area contributed by atoms with E-state index in [1.54, 1.807) is 14.2 Å². The molecule has 6 heteroatoms. The van der Waals surface area contributed by atoms with E-state index in [1.165, 1.54) is 11.1 Å². The second kappa shape index (κ2) is 10.8. The van der Waals surface area contributed by atoms with Crippen molar-refractivity contribution in [1.82, 2.24) is 10.6 Å². The number of guanidine groups is 1. The number of hydrogen-bond acceptors (Lipinski definition) is 3. The standard InChI is InChI=1S/C20H26BrN3O2/c1-15-4-7-17(19(12-15)26-11-10-25-3)14-24-20(22-2)23-13-16-5-8-18(21)9-6-16/h4-9,12H,10-11,13-14H2,1-3H3,(H2,22,23,24). The maximum atomic E-state index is 5.84. The van der Waals surface area contributed by atoms with Gasteiger partial charge in [-0.3, -0.25) is 4.99 Å². The number of benzene rings is 2. The first-order valence-electron chi connectivity index (χ1n) is 8.52. The van der Waals surface area contributed by atoms with E-state index in [0.29, 0.717) is 26.3 Å². The predicted molar refractivity (Wildman–Crippen MR) is 110 cm³/mol. The number of nitrogens with one attached hydrogen (secondary N) is 2. The van der Waals surface area contributed by atoms with Gasteiger partial charge in [0.25, 0.3) is 0 Å². The summed E-state index contributed by atoms with van der Waals surface area (Å²) in [5, 5.41) is 6.66. The second-order valence-corrected chi connectivity index (χ2v) is 6.77. The van der Waals surface area contributed by atoms with Crippen LogP contribution in [0, 0.1) is 6.92 Å². The fourth-order valence-corrected chi connectivity index (χ4v) is 2.63. The van der Waals surface area contributed by atoms with Gasteiger partial charge in [-0.25, -0.2) is 0 Å². The van der Waals surface area contributed by atoms with Gasteiger partial charge in [0.1, 0.15) is 12.4 Å². The summed E-state index contributed by atoms with van der Waals surface area (Å²) in [4.78, 5) is 4.28. The number of rotatable bonds is 8. The molecule has 0 amide bonds. The first kappa shape index (κ1) is 20.3. The van der Waals surface area contributed by atoms with Crippen LogP contribution in [-0.4, -0.2) is 33.3 Å². The van der Waals surface area contributed by atoms with Crippen molar-refractivity contribution in [3.63, 3.8) is 0 Å². The van der Waals surface area contributed by atoms with E-state index in [2.05, 4.69) is 62.7 Å². The van der Waals surface area contributed by atoms with Crippen molar-refractivity contribution in [2.75, 3.05) is 27.4 Å². The summed E-state index contributed by atoms with van der Waals surface area (Å²) in [6.45, 7) is 4.49. The third-order valence-corrected chi connectivity index (χ3v) is 4.34. The molecule has 26 heavy (non-hydrogen) atoms. The van der Waals surface area contributed by atoms with Gasteiger partial charge in [-0.2, -0.15) is 0 Å². The second-order valence-electron chi connectivity index (χ2n) is 5.86. The lowest BCUT2D eigenvalue weighted by Gasteiger charge is -2.15. The highest BCUT2D eigenvalue weighted by atomic mass is 79.9. The molecule has 0 aliphatic rings. The van der Waals surface area contributed by atoms with Gasteiger partial charge in [-0.05, 0) is 36.2 Å². The lowest BCUT2D eigenvalue weighted by molar-refractivity contribution is 0.145. The number of aryl methyl sites for hydroxylation is 1. The van der Waals surface area contributed by atoms with Crippen LogP contribution < -0.4 is 15.4 Å². The highest BCUT2D eigenvalue weighted by Crippen LogP contribution is 2.20. The zero-order chi connectivity index (χ0) is 18.8. The van der Waals surface area contributed by atoms with E-state index in [0.717, 1.165) is 21.7 Å². The van der Waals surface area contributed by atoms with Crippen LogP contribution in [0.15, 0.2) is 51.9 Å². The van der Waals surface area contributed by atoms with Gasteiger partial charge < -0.3 is 20.1 Å². The number of methoxy groups -OCH3 is 1. The quantitative estimate of drug-likeness (QED) is 0.389. The number of hydrogen-bond donors (Lipinski definition) is 2. The molecule has 0 aliphatic carbocycles. The average Bonchev–Trinajstić information content (AvgIpc) is 2.65. The molecule has 2 aromatic carbocycles. The van der Waals surface area contributed by atoms with Crippen LogP contribution in [0.3, 0.4) is 0 Å². The molecule has 0 saturated heterocycles. The number of halogens is 1. The summed E-state index contributed by atoms with van der Waals surface area (Å²) in [6, 6.07) is 14.4. The number of aliphatic imine (C=N–C) groups is 1. The van der Waals surface area contributed by atoms with Crippen LogP contribution in [0.4, 0.5) is 0 Å². The summed E-state index contributed by atoms with van der Waals surface area (Å²) < 4.78 is 12.0. The fraction of sp³-hybridized carbons (Fsp3) is 0.350. The van der Waals surface area contributed by atoms with Gasteiger partial charge in [0.05, 0.1) is 6.61 Å². The minimum Gasteiger partial charge on any atom is -0.491 e. The van der Waals surface area contributed by atoms with E-state index in [-0.39, 0.29) is 0 Å². The van der Waals surface area contributed by atoms with Gasteiger partial charge in [0, 0.05) is 37.3 Å². The Hall–Kier alpha value is -2.05. The Bertz CT molecular complexity index is 717. The fourth-order valence-electron chi connectivity index (χ4n) is 2.36. The molecule has 0 heterocycles. The molecule has 2 N–H and O–H groups in total. The molecule has 0 unspecified atom stereocenters. The molecule has 2 rings (SSSR count). The molecular formula is C20H26BrN3O2. The average molecular weight is 420 g/mol. The highest BCUT2D eigenvalue weighted by Gasteiger charge is 2.06. The van der Waals surface area contributed by atoms with Crippen molar-refractivity contribution in [2.45, 2.75) is 20.0 Å². The monoisotopic (exact) mass is 419 g/mol. The Balaban J connectivity index is 1.91. The van der Waals surface area contributed by atoms with E-state index < -0.39 is 0 Å². The smallest absolute Gasteiger partial charge is 0.191 e. The molecule has 0 radical (unpaired) electrons. The lowest BCUT2D eigenvalue weighted by Crippen LogP contribution is -2.36. The predicted octanol–water partition coefficient (Wildman–Crippen LogP) is 3.65. The van der Waals surface area contributed by atoms with E-state index >= 15 is 0 Å². The summed E-state index contributed by atoms with van der Waals surface area (Å²) in [5.41, 5.74) is 3.44. The maximum Gasteiger partial charge on any atom is 0.191 e. The molecule has 0 spiro atoms. The largest absolute Gasteiger partial charge is 0.491 e. The topological polar surface area (TPSA) is 54.9 Å². The third-order valence-electron chi connectivity index (χ3n) is 3.81. The van der Waals surface area contributed by atoms with Crippen LogP contribution >= 0.6 is 15.9 Å². The van der Waals surface area contributed by atoms with Gasteiger partial charge in [0.2, 0.25) is 0 Å². The Morgan fingerprint density at radius 3 is 2.46 bits per heavy atom. The number of nitrogens with zero attached hydrogens (tertiary/aromatic N) is 1. The minimum atomic E-state index is 0.531. The minimum absolute atomic E-state index is 0.531. The van der Waals surface area contributed by atoms with Crippen molar-refractivity contribution in [3.05, 3.63) is 63.6 Å². The molecule has 5 nitrogen and oxygen atoms in total. The highest BCUT2D eigenvalue weighted by molar-refractivity contribution is 9.10. The van der Waals surface area contributed by atoms with Crippen LogP contribution in [0.2, 0.25) is 0 Å². The van der Waals surface area contributed by atoms with Crippen molar-refractivity contribution in [2.24, 2.45) is 4.99 Å². The van der Waals surface area contributed by atoms with Gasteiger partial charge >= 0.3 is 0 Å². The Kier molecular flexibility index (Phi) is 8.44. The first-order valence-corrected chi connectivity index (χ1v) is 9.32. The molecule has 0 aliphatic heterocycles. The molecule has 140 valence electrons.